The molecule has 10 heteroatoms. The third-order valence-electron chi connectivity index (χ3n) is 3.94. The van der Waals surface area contributed by atoms with E-state index in [9.17, 15) is 22.8 Å². The van der Waals surface area contributed by atoms with Crippen LogP contribution in [0.5, 0.6) is 5.75 Å². The van der Waals surface area contributed by atoms with E-state index in [0.717, 1.165) is 12.1 Å². The maximum atomic E-state index is 12.7. The first kappa shape index (κ1) is 21.3. The third-order valence-corrected chi connectivity index (χ3v) is 4.88. The number of halogens is 3. The normalized spacial score (nSPS) is 11.2. The molecule has 0 bridgehead atoms. The highest BCUT2D eigenvalue weighted by atomic mass is 32.1. The van der Waals surface area contributed by atoms with Gasteiger partial charge in [0.2, 0.25) is 5.91 Å². The van der Waals surface area contributed by atoms with Gasteiger partial charge in [-0.2, -0.15) is 13.2 Å². The van der Waals surface area contributed by atoms with Crippen molar-refractivity contribution < 1.29 is 27.5 Å². The number of hydrogen-bond donors (Lipinski definition) is 2. The fourth-order valence-corrected chi connectivity index (χ4v) is 3.25. The zero-order valence-electron chi connectivity index (χ0n) is 15.4. The second-order valence-electron chi connectivity index (χ2n) is 6.18. The summed E-state index contributed by atoms with van der Waals surface area (Å²) in [6.45, 7) is -0.0907. The molecule has 2 amide bonds. The number of thiazole rings is 1. The van der Waals surface area contributed by atoms with E-state index in [1.165, 1.54) is 23.5 Å². The first-order valence-electron chi connectivity index (χ1n) is 8.64. The molecular weight excluding hydrogens is 419 g/mol. The molecule has 0 aliphatic carbocycles. The minimum absolute atomic E-state index is 0.157. The van der Waals surface area contributed by atoms with Gasteiger partial charge in [-0.1, -0.05) is 12.1 Å². The SMILES string of the molecule is NC(=O)CNC(=O)c1ccc(OCc2csc(-c3ccc(C(F)(F)F)cc3)n2)cc1. The summed E-state index contributed by atoms with van der Waals surface area (Å²) < 4.78 is 43.6. The van der Waals surface area contributed by atoms with Crippen LogP contribution < -0.4 is 15.8 Å². The minimum atomic E-state index is -4.38. The van der Waals surface area contributed by atoms with Crippen molar-refractivity contribution in [1.82, 2.24) is 10.3 Å². The van der Waals surface area contributed by atoms with E-state index in [0.29, 0.717) is 27.6 Å². The van der Waals surface area contributed by atoms with Crippen molar-refractivity contribution >= 4 is 23.2 Å². The van der Waals surface area contributed by atoms with Gasteiger partial charge in [-0.25, -0.2) is 4.98 Å². The largest absolute Gasteiger partial charge is 0.487 e. The van der Waals surface area contributed by atoms with Gasteiger partial charge in [-0.3, -0.25) is 9.59 Å². The van der Waals surface area contributed by atoms with Crippen molar-refractivity contribution in [3.8, 4) is 16.3 Å². The lowest BCUT2D eigenvalue weighted by atomic mass is 10.1. The Morgan fingerprint density at radius 3 is 2.33 bits per heavy atom. The number of primary amides is 1. The van der Waals surface area contributed by atoms with Crippen LogP contribution in [0.15, 0.2) is 53.9 Å². The number of benzene rings is 2. The Labute approximate surface area is 173 Å². The molecule has 0 saturated carbocycles. The summed E-state index contributed by atoms with van der Waals surface area (Å²) in [5, 5.41) is 4.73. The molecule has 6 nitrogen and oxygen atoms in total. The predicted molar refractivity (Wildman–Crippen MR) is 105 cm³/mol. The Balaban J connectivity index is 1.57. The number of ether oxygens (including phenoxy) is 1. The minimum Gasteiger partial charge on any atom is -0.487 e. The molecule has 1 heterocycles. The van der Waals surface area contributed by atoms with Gasteiger partial charge in [0.05, 0.1) is 17.8 Å². The molecule has 3 N–H and O–H groups in total. The van der Waals surface area contributed by atoms with E-state index < -0.39 is 23.6 Å². The van der Waals surface area contributed by atoms with Crippen molar-refractivity contribution in [3.63, 3.8) is 0 Å². The topological polar surface area (TPSA) is 94.3 Å². The van der Waals surface area contributed by atoms with Gasteiger partial charge in [0.25, 0.3) is 5.91 Å². The lowest BCUT2D eigenvalue weighted by Crippen LogP contribution is -2.33. The molecule has 30 heavy (non-hydrogen) atoms. The lowest BCUT2D eigenvalue weighted by molar-refractivity contribution is -0.137. The molecule has 1 aromatic heterocycles. The number of hydrogen-bond acceptors (Lipinski definition) is 5. The molecule has 2 aromatic carbocycles. The van der Waals surface area contributed by atoms with Crippen LogP contribution >= 0.6 is 11.3 Å². The highest BCUT2D eigenvalue weighted by Gasteiger charge is 2.30. The number of alkyl halides is 3. The van der Waals surface area contributed by atoms with Gasteiger partial charge in [0.15, 0.2) is 0 Å². The van der Waals surface area contributed by atoms with Crippen molar-refractivity contribution in [3.05, 3.63) is 70.7 Å². The Hall–Kier alpha value is -3.40. The van der Waals surface area contributed by atoms with Crippen LogP contribution in [0.1, 0.15) is 21.6 Å². The first-order chi connectivity index (χ1) is 14.2. The average Bonchev–Trinajstić information content (AvgIpc) is 3.19. The van der Waals surface area contributed by atoms with E-state index in [-0.39, 0.29) is 13.2 Å². The number of nitrogens with one attached hydrogen (secondary N) is 1. The van der Waals surface area contributed by atoms with Crippen molar-refractivity contribution in [1.29, 1.82) is 0 Å². The Morgan fingerprint density at radius 2 is 1.73 bits per heavy atom. The smallest absolute Gasteiger partial charge is 0.416 e. The Bertz CT molecular complexity index is 1030. The van der Waals surface area contributed by atoms with Crippen molar-refractivity contribution in [2.24, 2.45) is 5.73 Å². The fourth-order valence-electron chi connectivity index (χ4n) is 2.44. The number of carbonyl (C=O) groups excluding carboxylic acids is 2. The number of carbonyl (C=O) groups is 2. The number of nitrogens with zero attached hydrogens (tertiary/aromatic N) is 1. The van der Waals surface area contributed by atoms with E-state index in [1.807, 2.05) is 0 Å². The van der Waals surface area contributed by atoms with Gasteiger partial charge in [0.1, 0.15) is 17.4 Å². The van der Waals surface area contributed by atoms with Gasteiger partial charge in [-0.15, -0.1) is 11.3 Å². The summed E-state index contributed by atoms with van der Waals surface area (Å²) in [4.78, 5) is 26.9. The molecule has 3 rings (SSSR count). The Morgan fingerprint density at radius 1 is 1.07 bits per heavy atom. The van der Waals surface area contributed by atoms with Gasteiger partial charge in [-0.05, 0) is 36.4 Å². The molecule has 0 radical (unpaired) electrons. The van der Waals surface area contributed by atoms with Crippen LogP contribution in [0.25, 0.3) is 10.6 Å². The van der Waals surface area contributed by atoms with Crippen LogP contribution in [0, 0.1) is 0 Å². The van der Waals surface area contributed by atoms with Crippen LogP contribution in [0.4, 0.5) is 13.2 Å². The van der Waals surface area contributed by atoms with E-state index >= 15 is 0 Å². The van der Waals surface area contributed by atoms with Gasteiger partial charge < -0.3 is 15.8 Å². The summed E-state index contributed by atoms with van der Waals surface area (Å²) in [5.41, 5.74) is 5.83. The second-order valence-corrected chi connectivity index (χ2v) is 7.04. The molecule has 3 aromatic rings. The molecule has 0 saturated heterocycles. The molecule has 0 aliphatic rings. The number of aromatic nitrogens is 1. The van der Waals surface area contributed by atoms with Crippen LogP contribution in [-0.4, -0.2) is 23.3 Å². The zero-order valence-corrected chi connectivity index (χ0v) is 16.2. The molecule has 0 aliphatic heterocycles. The summed E-state index contributed by atoms with van der Waals surface area (Å²) in [6.07, 6.45) is -4.38. The maximum Gasteiger partial charge on any atom is 0.416 e. The van der Waals surface area contributed by atoms with Crippen LogP contribution in [0.2, 0.25) is 0 Å². The summed E-state index contributed by atoms with van der Waals surface area (Å²) in [5.74, 6) is -0.561. The van der Waals surface area contributed by atoms with Gasteiger partial charge in [0, 0.05) is 16.5 Å². The standard InChI is InChI=1S/C20H16F3N3O3S/c21-20(22,23)14-5-1-13(2-6-14)19-26-15(11-30-19)10-29-16-7-3-12(4-8-16)18(28)25-9-17(24)27/h1-8,11H,9-10H2,(H2,24,27)(H,25,28). The fraction of sp³-hybridized carbons (Fsp3) is 0.150. The third kappa shape index (κ3) is 5.57. The number of rotatable bonds is 7. The molecule has 0 atom stereocenters. The summed E-state index contributed by atoms with van der Waals surface area (Å²) in [6, 6.07) is 11.1. The Kier molecular flexibility index (Phi) is 6.36. The summed E-state index contributed by atoms with van der Waals surface area (Å²) in [7, 11) is 0. The predicted octanol–water partition coefficient (Wildman–Crippen LogP) is 3.62. The number of amides is 2. The van der Waals surface area contributed by atoms with Gasteiger partial charge >= 0.3 is 6.18 Å². The quantitative estimate of drug-likeness (QED) is 0.593. The number of nitrogens with two attached hydrogens (primary N) is 1. The van der Waals surface area contributed by atoms with Crippen molar-refractivity contribution in [2.75, 3.05) is 6.54 Å². The van der Waals surface area contributed by atoms with E-state index in [4.69, 9.17) is 10.5 Å². The van der Waals surface area contributed by atoms with Crippen LogP contribution in [0.3, 0.4) is 0 Å². The highest BCUT2D eigenvalue weighted by molar-refractivity contribution is 7.13. The maximum absolute atomic E-state index is 12.7. The molecule has 0 unspecified atom stereocenters. The molecular formula is C20H16F3N3O3S. The monoisotopic (exact) mass is 435 g/mol. The molecule has 0 fully saturated rings. The molecule has 0 spiro atoms. The van der Waals surface area contributed by atoms with E-state index in [2.05, 4.69) is 10.3 Å². The zero-order chi connectivity index (χ0) is 21.7. The van der Waals surface area contributed by atoms with Crippen LogP contribution in [-0.2, 0) is 17.6 Å². The van der Waals surface area contributed by atoms with Crippen molar-refractivity contribution in [2.45, 2.75) is 12.8 Å². The molecule has 156 valence electrons. The lowest BCUT2D eigenvalue weighted by Gasteiger charge is -2.07. The summed E-state index contributed by atoms with van der Waals surface area (Å²) >= 11 is 1.30. The highest BCUT2D eigenvalue weighted by Crippen LogP contribution is 2.31. The average molecular weight is 435 g/mol. The second kappa shape index (κ2) is 8.95. The van der Waals surface area contributed by atoms with E-state index in [1.54, 1.807) is 29.6 Å². The first-order valence-corrected chi connectivity index (χ1v) is 9.52.